The Morgan fingerprint density at radius 2 is 1.73 bits per heavy atom. The molecule has 0 aromatic heterocycles. The summed E-state index contributed by atoms with van der Waals surface area (Å²) in [5, 5.41) is 0.491. The van der Waals surface area contributed by atoms with Gasteiger partial charge in [-0.3, -0.25) is 9.69 Å². The van der Waals surface area contributed by atoms with Crippen molar-refractivity contribution in [2.45, 2.75) is 0 Å². The fourth-order valence-corrected chi connectivity index (χ4v) is 4.71. The first-order valence-corrected chi connectivity index (χ1v) is 11.9. The summed E-state index contributed by atoms with van der Waals surface area (Å²) < 4.78 is 11.7. The van der Waals surface area contributed by atoms with Crippen molar-refractivity contribution in [2.75, 3.05) is 12.0 Å². The van der Waals surface area contributed by atoms with Gasteiger partial charge in [-0.25, -0.2) is 4.79 Å². The van der Waals surface area contributed by atoms with E-state index in [1.807, 2.05) is 0 Å². The topological polar surface area (TPSA) is 55.8 Å². The van der Waals surface area contributed by atoms with Crippen molar-refractivity contribution in [3.05, 3.63) is 92.3 Å². The van der Waals surface area contributed by atoms with Crippen molar-refractivity contribution >= 4 is 79.5 Å². The lowest BCUT2D eigenvalue weighted by Gasteiger charge is -2.15. The van der Waals surface area contributed by atoms with E-state index < -0.39 is 5.97 Å². The lowest BCUT2D eigenvalue weighted by Crippen LogP contribution is -2.27. The summed E-state index contributed by atoms with van der Waals surface area (Å²) in [7, 11) is 1.56. The van der Waals surface area contributed by atoms with E-state index in [2.05, 4.69) is 15.9 Å². The molecule has 0 radical (unpaired) electrons. The van der Waals surface area contributed by atoms with E-state index in [0.29, 0.717) is 37.0 Å². The maximum atomic E-state index is 12.9. The van der Waals surface area contributed by atoms with Crippen molar-refractivity contribution in [3.8, 4) is 11.5 Å². The minimum absolute atomic E-state index is 0.224. The van der Waals surface area contributed by atoms with Gasteiger partial charge in [-0.1, -0.05) is 47.7 Å². The smallest absolute Gasteiger partial charge is 0.343 e. The Bertz CT molecular complexity index is 1280. The summed E-state index contributed by atoms with van der Waals surface area (Å²) in [5.74, 6) is 0.354. The number of carbonyl (C=O) groups is 2. The molecule has 5 nitrogen and oxygen atoms in total. The van der Waals surface area contributed by atoms with Gasteiger partial charge in [0.25, 0.3) is 5.91 Å². The van der Waals surface area contributed by atoms with E-state index >= 15 is 0 Å². The highest BCUT2D eigenvalue weighted by atomic mass is 79.9. The Balaban J connectivity index is 1.47. The molecule has 0 N–H and O–H groups in total. The molecule has 3 aromatic rings. The average molecular weight is 561 g/mol. The first-order chi connectivity index (χ1) is 15.9. The number of rotatable bonds is 5. The van der Waals surface area contributed by atoms with Crippen molar-refractivity contribution in [2.24, 2.45) is 0 Å². The molecule has 1 aliphatic heterocycles. The molecule has 1 heterocycles. The molecule has 0 spiro atoms. The summed E-state index contributed by atoms with van der Waals surface area (Å²) >= 11 is 16.1. The van der Waals surface area contributed by atoms with E-state index in [0.717, 1.165) is 10.0 Å². The Morgan fingerprint density at radius 3 is 2.36 bits per heavy atom. The van der Waals surface area contributed by atoms with Crippen LogP contribution in [0.3, 0.4) is 0 Å². The van der Waals surface area contributed by atoms with Gasteiger partial charge in [-0.15, -0.1) is 0 Å². The zero-order chi connectivity index (χ0) is 23.5. The lowest BCUT2D eigenvalue weighted by atomic mass is 10.2. The minimum Gasteiger partial charge on any atom is -0.497 e. The van der Waals surface area contributed by atoms with Gasteiger partial charge in [0.1, 0.15) is 11.5 Å². The molecule has 1 fully saturated rings. The molecule has 4 rings (SSSR count). The second-order valence-electron chi connectivity index (χ2n) is 6.80. The Labute approximate surface area is 213 Å². The number of esters is 1. The summed E-state index contributed by atoms with van der Waals surface area (Å²) in [4.78, 5) is 27.2. The van der Waals surface area contributed by atoms with Crippen LogP contribution in [0.1, 0.15) is 15.9 Å². The van der Waals surface area contributed by atoms with Crippen molar-refractivity contribution in [3.63, 3.8) is 0 Å². The molecule has 0 bridgehead atoms. The van der Waals surface area contributed by atoms with E-state index in [-0.39, 0.29) is 5.91 Å². The summed E-state index contributed by atoms with van der Waals surface area (Å²) in [5.41, 5.74) is 1.79. The number of carbonyl (C=O) groups excluding carboxylic acids is 2. The Kier molecular flexibility index (Phi) is 7.19. The van der Waals surface area contributed by atoms with Crippen LogP contribution in [0.15, 0.2) is 76.1 Å². The van der Waals surface area contributed by atoms with Gasteiger partial charge in [0, 0.05) is 4.47 Å². The second kappa shape index (κ2) is 10.1. The van der Waals surface area contributed by atoms with Crippen LogP contribution in [-0.2, 0) is 4.79 Å². The monoisotopic (exact) mass is 559 g/mol. The SMILES string of the molecule is COc1ccc(C(=O)Oc2ccc(/C=C3/SC(=S)N(c4ccc(Br)c(Cl)c4)C3=O)cc2)cc1. The van der Waals surface area contributed by atoms with Crippen LogP contribution in [0.4, 0.5) is 5.69 Å². The largest absolute Gasteiger partial charge is 0.497 e. The number of hydrogen-bond donors (Lipinski definition) is 0. The summed E-state index contributed by atoms with van der Waals surface area (Å²) in [6, 6.07) is 18.7. The number of anilines is 1. The number of ether oxygens (including phenoxy) is 2. The fraction of sp³-hybridized carbons (Fsp3) is 0.0417. The van der Waals surface area contributed by atoms with Crippen LogP contribution < -0.4 is 14.4 Å². The number of hydrogen-bond acceptors (Lipinski definition) is 6. The van der Waals surface area contributed by atoms with E-state index in [4.69, 9.17) is 33.3 Å². The minimum atomic E-state index is -0.473. The van der Waals surface area contributed by atoms with Gasteiger partial charge in [0.2, 0.25) is 0 Å². The van der Waals surface area contributed by atoms with Gasteiger partial charge in [0.15, 0.2) is 4.32 Å². The normalized spacial score (nSPS) is 14.6. The molecule has 9 heteroatoms. The zero-order valence-electron chi connectivity index (χ0n) is 17.1. The van der Waals surface area contributed by atoms with Gasteiger partial charge >= 0.3 is 5.97 Å². The highest BCUT2D eigenvalue weighted by molar-refractivity contribution is 9.10. The molecule has 166 valence electrons. The molecule has 33 heavy (non-hydrogen) atoms. The highest BCUT2D eigenvalue weighted by Crippen LogP contribution is 2.38. The average Bonchev–Trinajstić information content (AvgIpc) is 3.09. The highest BCUT2D eigenvalue weighted by Gasteiger charge is 2.33. The molecule has 1 saturated heterocycles. The molecular formula is C24H15BrClNO4S2. The van der Waals surface area contributed by atoms with E-state index in [9.17, 15) is 9.59 Å². The Morgan fingerprint density at radius 1 is 1.06 bits per heavy atom. The number of thioether (sulfide) groups is 1. The summed E-state index contributed by atoms with van der Waals surface area (Å²) in [6.45, 7) is 0. The first kappa shape index (κ1) is 23.5. The zero-order valence-corrected chi connectivity index (χ0v) is 21.1. The summed E-state index contributed by atoms with van der Waals surface area (Å²) in [6.07, 6.45) is 1.74. The molecule has 0 unspecified atom stereocenters. The number of methoxy groups -OCH3 is 1. The van der Waals surface area contributed by atoms with Gasteiger partial charge < -0.3 is 9.47 Å². The van der Waals surface area contributed by atoms with Crippen LogP contribution >= 0.6 is 51.5 Å². The van der Waals surface area contributed by atoms with Crippen LogP contribution in [0.5, 0.6) is 11.5 Å². The molecule has 1 amide bonds. The number of nitrogens with zero attached hydrogens (tertiary/aromatic N) is 1. The maximum absolute atomic E-state index is 12.9. The van der Waals surface area contributed by atoms with Crippen LogP contribution in [0, 0.1) is 0 Å². The van der Waals surface area contributed by atoms with Crippen LogP contribution in [-0.4, -0.2) is 23.3 Å². The third-order valence-corrected chi connectivity index (χ3v) is 7.20. The standard InChI is InChI=1S/C24H15BrClNO4S2/c1-30-17-9-4-15(5-10-17)23(29)31-18-7-2-14(3-8-18)12-21-22(28)27(24(32)33-21)16-6-11-19(25)20(26)13-16/h2-13H,1H3/b21-12+. The predicted octanol–water partition coefficient (Wildman–Crippen LogP) is 6.74. The molecule has 0 atom stereocenters. The number of amides is 1. The third kappa shape index (κ3) is 5.30. The van der Waals surface area contributed by atoms with E-state index in [1.165, 1.54) is 16.7 Å². The van der Waals surface area contributed by atoms with Crippen molar-refractivity contribution < 1.29 is 19.1 Å². The molecule has 0 saturated carbocycles. The molecule has 1 aliphatic rings. The second-order valence-corrected chi connectivity index (χ2v) is 9.74. The maximum Gasteiger partial charge on any atom is 0.343 e. The van der Waals surface area contributed by atoms with Gasteiger partial charge in [0.05, 0.1) is 28.3 Å². The molecule has 3 aromatic carbocycles. The van der Waals surface area contributed by atoms with Crippen molar-refractivity contribution in [1.29, 1.82) is 0 Å². The number of benzene rings is 3. The van der Waals surface area contributed by atoms with Gasteiger partial charge in [-0.05, 0) is 82.2 Å². The van der Waals surface area contributed by atoms with Gasteiger partial charge in [-0.2, -0.15) is 0 Å². The van der Waals surface area contributed by atoms with Crippen LogP contribution in [0.25, 0.3) is 6.08 Å². The van der Waals surface area contributed by atoms with Crippen LogP contribution in [0.2, 0.25) is 5.02 Å². The van der Waals surface area contributed by atoms with E-state index in [1.54, 1.807) is 79.9 Å². The van der Waals surface area contributed by atoms with Crippen molar-refractivity contribution in [1.82, 2.24) is 0 Å². The molecule has 0 aliphatic carbocycles. The third-order valence-electron chi connectivity index (χ3n) is 4.67. The quantitative estimate of drug-likeness (QED) is 0.149. The Hall–Kier alpha value is -2.65. The predicted molar refractivity (Wildman–Crippen MR) is 139 cm³/mol. The number of thiocarbonyl (C=S) groups is 1. The number of halogens is 2. The first-order valence-electron chi connectivity index (χ1n) is 9.55. The fourth-order valence-electron chi connectivity index (χ4n) is 2.99. The lowest BCUT2D eigenvalue weighted by molar-refractivity contribution is -0.113. The molecular weight excluding hydrogens is 546 g/mol.